The Hall–Kier alpha value is -3.65. The second-order valence-corrected chi connectivity index (χ2v) is 11.6. The number of hydrogen-bond acceptors (Lipinski definition) is 7. The molecule has 1 amide bonds. The number of piperazine rings is 1. The first-order valence-electron chi connectivity index (χ1n) is 14.4. The van der Waals surface area contributed by atoms with Crippen molar-refractivity contribution in [3.63, 3.8) is 0 Å². The largest absolute Gasteiger partial charge is 0.484 e. The predicted molar refractivity (Wildman–Crippen MR) is 163 cm³/mol. The Morgan fingerprint density at radius 1 is 0.975 bits per heavy atom. The predicted octanol–water partition coefficient (Wildman–Crippen LogP) is 5.54. The van der Waals surface area contributed by atoms with Crippen molar-refractivity contribution >= 4 is 39.0 Å². The van der Waals surface area contributed by atoms with Crippen LogP contribution in [0.4, 0.5) is 11.5 Å². The molecule has 0 bridgehead atoms. The lowest BCUT2D eigenvalue weighted by Gasteiger charge is -2.37. The zero-order chi connectivity index (χ0) is 27.5. The molecule has 0 radical (unpaired) electrons. The van der Waals surface area contributed by atoms with Gasteiger partial charge in [-0.15, -0.1) is 11.3 Å². The van der Waals surface area contributed by atoms with Crippen molar-refractivity contribution in [2.45, 2.75) is 39.0 Å². The van der Waals surface area contributed by atoms with E-state index in [4.69, 9.17) is 14.7 Å². The van der Waals surface area contributed by atoms with E-state index < -0.39 is 0 Å². The fourth-order valence-electron chi connectivity index (χ4n) is 6.08. The molecule has 0 saturated carbocycles. The Balaban J connectivity index is 1.13. The number of ether oxygens (including phenoxy) is 1. The van der Waals surface area contributed by atoms with Crippen molar-refractivity contribution < 1.29 is 9.53 Å². The van der Waals surface area contributed by atoms with Gasteiger partial charge >= 0.3 is 0 Å². The molecule has 1 atom stereocenters. The number of anilines is 2. The highest BCUT2D eigenvalue weighted by Crippen LogP contribution is 2.43. The molecule has 0 N–H and O–H groups in total. The zero-order valence-electron chi connectivity index (χ0n) is 23.4. The summed E-state index contributed by atoms with van der Waals surface area (Å²) in [7, 11) is 0. The molecule has 2 aromatic heterocycles. The van der Waals surface area contributed by atoms with E-state index in [9.17, 15) is 4.79 Å². The quantitative estimate of drug-likeness (QED) is 0.285. The first kappa shape index (κ1) is 26.6. The number of fused-ring (bicyclic) bond motifs is 3. The van der Waals surface area contributed by atoms with Gasteiger partial charge in [0.2, 0.25) is 0 Å². The molecule has 1 fully saturated rings. The van der Waals surface area contributed by atoms with Crippen LogP contribution >= 0.6 is 11.3 Å². The lowest BCUT2D eigenvalue weighted by molar-refractivity contribution is -0.132. The van der Waals surface area contributed by atoms with Crippen LogP contribution in [0.2, 0.25) is 0 Å². The van der Waals surface area contributed by atoms with Gasteiger partial charge in [-0.1, -0.05) is 30.3 Å². The number of thiophene rings is 1. The number of carbonyl (C=O) groups is 1. The van der Waals surface area contributed by atoms with Crippen LogP contribution < -0.4 is 14.5 Å². The highest BCUT2D eigenvalue weighted by Gasteiger charge is 2.28. The van der Waals surface area contributed by atoms with E-state index in [-0.39, 0.29) is 12.5 Å². The molecule has 2 aliphatic rings. The number of amides is 1. The van der Waals surface area contributed by atoms with E-state index in [1.54, 1.807) is 11.2 Å². The molecular weight excluding hydrogens is 518 g/mol. The molecule has 1 aliphatic carbocycles. The van der Waals surface area contributed by atoms with Gasteiger partial charge in [0.05, 0.1) is 5.39 Å². The normalized spacial score (nSPS) is 17.1. The van der Waals surface area contributed by atoms with Crippen LogP contribution in [-0.2, 0) is 17.6 Å². The summed E-state index contributed by atoms with van der Waals surface area (Å²) < 4.78 is 5.78. The highest BCUT2D eigenvalue weighted by molar-refractivity contribution is 7.19. The van der Waals surface area contributed by atoms with E-state index in [1.165, 1.54) is 27.1 Å². The lowest BCUT2D eigenvalue weighted by atomic mass is 9.83. The van der Waals surface area contributed by atoms with Crippen LogP contribution in [0.1, 0.15) is 42.2 Å². The lowest BCUT2D eigenvalue weighted by Crippen LogP contribution is -2.46. The second kappa shape index (κ2) is 11.8. The monoisotopic (exact) mass is 555 g/mol. The molecule has 1 aliphatic heterocycles. The van der Waals surface area contributed by atoms with Crippen molar-refractivity contribution in [3.05, 3.63) is 76.9 Å². The molecule has 40 heavy (non-hydrogen) atoms. The third-order valence-electron chi connectivity index (χ3n) is 8.36. The van der Waals surface area contributed by atoms with Gasteiger partial charge in [0.1, 0.15) is 22.7 Å². The number of aryl methyl sites for hydroxylation is 1. The van der Waals surface area contributed by atoms with Crippen LogP contribution in [0.5, 0.6) is 5.75 Å². The fraction of sp³-hybridized carbons (Fsp3) is 0.406. The summed E-state index contributed by atoms with van der Waals surface area (Å²) in [5, 5.41) is 1.27. The van der Waals surface area contributed by atoms with Crippen LogP contribution in [-0.4, -0.2) is 66.7 Å². The number of para-hydroxylation sites is 1. The summed E-state index contributed by atoms with van der Waals surface area (Å²) in [4.78, 5) is 31.0. The summed E-state index contributed by atoms with van der Waals surface area (Å²) in [6.07, 6.45) is 4.92. The molecule has 2 aromatic carbocycles. The number of hydrogen-bond donors (Lipinski definition) is 0. The Labute approximate surface area is 240 Å². The molecule has 208 valence electrons. The van der Waals surface area contributed by atoms with Crippen LogP contribution in [0.15, 0.2) is 60.9 Å². The van der Waals surface area contributed by atoms with Gasteiger partial charge in [-0.3, -0.25) is 4.79 Å². The minimum Gasteiger partial charge on any atom is -0.484 e. The zero-order valence-corrected chi connectivity index (χ0v) is 24.2. The number of likely N-dealkylation sites (N-methyl/N-ethyl adjacent to an activating group) is 1. The van der Waals surface area contributed by atoms with Crippen molar-refractivity contribution in [2.75, 3.05) is 55.7 Å². The maximum absolute atomic E-state index is 12.3. The summed E-state index contributed by atoms with van der Waals surface area (Å²) >= 11 is 1.84. The first-order chi connectivity index (χ1) is 19.6. The molecule has 6 rings (SSSR count). The highest BCUT2D eigenvalue weighted by atomic mass is 32.1. The van der Waals surface area contributed by atoms with Crippen molar-refractivity contribution in [3.8, 4) is 5.75 Å². The van der Waals surface area contributed by atoms with Crippen molar-refractivity contribution in [2.24, 2.45) is 0 Å². The van der Waals surface area contributed by atoms with Gasteiger partial charge in [-0.25, -0.2) is 9.97 Å². The molecular formula is C32H37N5O2S. The number of carbonyl (C=O) groups excluding carboxylic acids is 1. The number of rotatable bonds is 8. The summed E-state index contributed by atoms with van der Waals surface area (Å²) in [5.74, 6) is 2.35. The van der Waals surface area contributed by atoms with Crippen LogP contribution in [0.25, 0.3) is 10.2 Å². The summed E-state index contributed by atoms with van der Waals surface area (Å²) in [6.45, 7) is 9.38. The van der Waals surface area contributed by atoms with E-state index in [0.29, 0.717) is 19.0 Å². The topological polar surface area (TPSA) is 61.8 Å². The second-order valence-electron chi connectivity index (χ2n) is 10.6. The third kappa shape index (κ3) is 5.37. The molecule has 1 unspecified atom stereocenters. The summed E-state index contributed by atoms with van der Waals surface area (Å²) in [6, 6.07) is 19.0. The summed E-state index contributed by atoms with van der Waals surface area (Å²) in [5.41, 5.74) is 4.07. The van der Waals surface area contributed by atoms with Gasteiger partial charge < -0.3 is 19.4 Å². The third-order valence-corrected chi connectivity index (χ3v) is 9.52. The minimum atomic E-state index is 0.0270. The Morgan fingerprint density at radius 3 is 2.42 bits per heavy atom. The molecule has 7 nitrogen and oxygen atoms in total. The van der Waals surface area contributed by atoms with Gasteiger partial charge in [0.25, 0.3) is 5.91 Å². The molecule has 1 saturated heterocycles. The average Bonchev–Trinajstić information content (AvgIpc) is 3.39. The number of aromatic nitrogens is 2. The van der Waals surface area contributed by atoms with Crippen LogP contribution in [0.3, 0.4) is 0 Å². The van der Waals surface area contributed by atoms with Gasteiger partial charge in [-0.2, -0.15) is 0 Å². The van der Waals surface area contributed by atoms with E-state index in [0.717, 1.165) is 61.8 Å². The molecule has 4 aromatic rings. The Bertz CT molecular complexity index is 1440. The number of benzene rings is 2. The van der Waals surface area contributed by atoms with Gasteiger partial charge in [0, 0.05) is 49.8 Å². The van der Waals surface area contributed by atoms with Gasteiger partial charge in [0.15, 0.2) is 6.61 Å². The maximum atomic E-state index is 12.3. The van der Waals surface area contributed by atoms with Crippen molar-refractivity contribution in [1.82, 2.24) is 14.9 Å². The van der Waals surface area contributed by atoms with Crippen LogP contribution in [0, 0.1) is 0 Å². The molecule has 0 spiro atoms. The maximum Gasteiger partial charge on any atom is 0.260 e. The number of nitrogens with zero attached hydrogens (tertiary/aromatic N) is 5. The average molecular weight is 556 g/mol. The Morgan fingerprint density at radius 2 is 1.70 bits per heavy atom. The standard InChI is InChI=1S/C32H37N5O2S/c1-3-35(4-2)29(38)21-39-26-13-10-23(11-14-26)24-12-15-27-28(20-24)40-32-30(27)31(33-22-34-32)37-18-16-36(17-19-37)25-8-6-5-7-9-25/h5-11,13-14,22,24H,3-4,12,15-21H2,1-2H3. The Kier molecular flexibility index (Phi) is 7.86. The molecule has 3 heterocycles. The van der Waals surface area contributed by atoms with E-state index >= 15 is 0 Å². The van der Waals surface area contributed by atoms with Gasteiger partial charge in [-0.05, 0) is 74.4 Å². The smallest absolute Gasteiger partial charge is 0.260 e. The van der Waals surface area contributed by atoms with E-state index in [2.05, 4.69) is 52.3 Å². The SMILES string of the molecule is CCN(CC)C(=O)COc1ccc(C2CCc3c(sc4ncnc(N5CCN(c6ccccc6)CC5)c34)C2)cc1. The first-order valence-corrected chi connectivity index (χ1v) is 15.3. The minimum absolute atomic E-state index is 0.0270. The fourth-order valence-corrected chi connectivity index (χ4v) is 7.34. The van der Waals surface area contributed by atoms with Crippen molar-refractivity contribution in [1.29, 1.82) is 0 Å². The van der Waals surface area contributed by atoms with E-state index in [1.807, 2.05) is 37.3 Å². The molecule has 8 heteroatoms.